The number of nitrogens with zero attached hydrogens (tertiary/aromatic N) is 1. The Balaban J connectivity index is 1.54. The Morgan fingerprint density at radius 2 is 1.76 bits per heavy atom. The van der Waals surface area contributed by atoms with E-state index in [0.717, 1.165) is 4.47 Å². The molecule has 0 saturated heterocycles. The lowest BCUT2D eigenvalue weighted by Crippen LogP contribution is -2.31. The van der Waals surface area contributed by atoms with Crippen LogP contribution in [0.1, 0.15) is 34.6 Å². The van der Waals surface area contributed by atoms with E-state index in [1.807, 2.05) is 12.1 Å². The Labute approximate surface area is 221 Å². The van der Waals surface area contributed by atoms with E-state index >= 15 is 0 Å². The van der Waals surface area contributed by atoms with Crippen molar-refractivity contribution in [1.82, 2.24) is 0 Å². The number of anilines is 1. The van der Waals surface area contributed by atoms with Gasteiger partial charge in [-0.1, -0.05) is 58.4 Å². The van der Waals surface area contributed by atoms with Crippen molar-refractivity contribution >= 4 is 50.2 Å². The Hall–Kier alpha value is -4.17. The van der Waals surface area contributed by atoms with Crippen molar-refractivity contribution in [3.05, 3.63) is 112 Å². The zero-order chi connectivity index (χ0) is 26.1. The number of aliphatic hydroxyl groups is 1. The molecule has 0 saturated carbocycles. The summed E-state index contributed by atoms with van der Waals surface area (Å²) in [5.41, 5.74) is 2.28. The number of furan rings is 1. The van der Waals surface area contributed by atoms with Gasteiger partial charge < -0.3 is 14.3 Å². The highest BCUT2D eigenvalue weighted by atomic mass is 79.9. The molecule has 0 aliphatic carbocycles. The summed E-state index contributed by atoms with van der Waals surface area (Å²) in [6.45, 7) is 2.04. The highest BCUT2D eigenvalue weighted by molar-refractivity contribution is 9.10. The fourth-order valence-corrected chi connectivity index (χ4v) is 4.84. The maximum absolute atomic E-state index is 13.7. The molecule has 4 aromatic rings. The number of rotatable bonds is 7. The number of carbonyl (C=O) groups excluding carboxylic acids is 3. The molecule has 1 N–H and O–H groups in total. The first-order chi connectivity index (χ1) is 17.9. The molecule has 1 atom stereocenters. The van der Waals surface area contributed by atoms with Crippen molar-refractivity contribution < 1.29 is 28.6 Å². The number of aliphatic hydroxyl groups excluding tert-OH is 1. The quantitative estimate of drug-likeness (QED) is 0.217. The van der Waals surface area contributed by atoms with Gasteiger partial charge in [-0.15, -0.1) is 0 Å². The minimum absolute atomic E-state index is 0.0232. The maximum atomic E-state index is 13.7. The molecular formula is C29H22BrNO6. The summed E-state index contributed by atoms with van der Waals surface area (Å²) in [7, 11) is 0. The van der Waals surface area contributed by atoms with Gasteiger partial charge in [-0.2, -0.15) is 0 Å². The number of halogens is 1. The standard InChI is InChI=1S/C29H22BrNO6/c1-2-36-24(32)14-17-8-11-21(12-9-17)31-26(18-6-4-3-5-7-18)25(28(34)29(31)35)27(33)23-16-19-15-20(30)10-13-22(19)37-23/h3-13,15-16,26,34H,2,14H2,1H3. The predicted octanol–water partition coefficient (Wildman–Crippen LogP) is 6.08. The third-order valence-electron chi connectivity index (χ3n) is 6.14. The second-order valence-electron chi connectivity index (χ2n) is 8.52. The maximum Gasteiger partial charge on any atom is 0.310 e. The molecule has 1 unspecified atom stereocenters. The number of Topliss-reactive ketones (excluding diaryl/α,β-unsaturated/α-hetero) is 1. The van der Waals surface area contributed by atoms with Crippen LogP contribution in [0.2, 0.25) is 0 Å². The first-order valence-corrected chi connectivity index (χ1v) is 12.5. The van der Waals surface area contributed by atoms with Crippen LogP contribution in [0.3, 0.4) is 0 Å². The summed E-state index contributed by atoms with van der Waals surface area (Å²) < 4.78 is 11.6. The van der Waals surface area contributed by atoms with E-state index in [-0.39, 0.29) is 23.7 Å². The zero-order valence-corrected chi connectivity index (χ0v) is 21.4. The number of ether oxygens (including phenoxy) is 1. The van der Waals surface area contributed by atoms with Gasteiger partial charge in [0.1, 0.15) is 5.58 Å². The summed E-state index contributed by atoms with van der Waals surface area (Å²) in [5.74, 6) is -2.23. The number of esters is 1. The van der Waals surface area contributed by atoms with Crippen LogP contribution >= 0.6 is 15.9 Å². The molecule has 37 heavy (non-hydrogen) atoms. The van der Waals surface area contributed by atoms with Crippen molar-refractivity contribution in [3.63, 3.8) is 0 Å². The highest BCUT2D eigenvalue weighted by Crippen LogP contribution is 2.42. The predicted molar refractivity (Wildman–Crippen MR) is 141 cm³/mol. The fourth-order valence-electron chi connectivity index (χ4n) is 4.47. The summed E-state index contributed by atoms with van der Waals surface area (Å²) in [6, 6.07) is 21.9. The molecule has 1 aromatic heterocycles. The van der Waals surface area contributed by atoms with Crippen molar-refractivity contribution in [2.45, 2.75) is 19.4 Å². The van der Waals surface area contributed by atoms with Gasteiger partial charge in [-0.3, -0.25) is 19.3 Å². The summed E-state index contributed by atoms with van der Waals surface area (Å²) >= 11 is 3.41. The molecule has 0 radical (unpaired) electrons. The molecule has 5 rings (SSSR count). The van der Waals surface area contributed by atoms with Crippen molar-refractivity contribution in [3.8, 4) is 0 Å². The van der Waals surface area contributed by atoms with Crippen molar-refractivity contribution in [1.29, 1.82) is 0 Å². The van der Waals surface area contributed by atoms with Crippen molar-refractivity contribution in [2.75, 3.05) is 11.5 Å². The van der Waals surface area contributed by atoms with Crippen LogP contribution in [0.25, 0.3) is 11.0 Å². The first-order valence-electron chi connectivity index (χ1n) is 11.7. The Morgan fingerprint density at radius 1 is 1.03 bits per heavy atom. The molecule has 2 heterocycles. The Morgan fingerprint density at radius 3 is 2.46 bits per heavy atom. The SMILES string of the molecule is CCOC(=O)Cc1ccc(N2C(=O)C(O)=C(C(=O)c3cc4cc(Br)ccc4o3)C2c2ccccc2)cc1. The molecule has 8 heteroatoms. The smallest absolute Gasteiger partial charge is 0.310 e. The summed E-state index contributed by atoms with van der Waals surface area (Å²) in [5, 5.41) is 11.7. The van der Waals surface area contributed by atoms with Crippen LogP contribution in [-0.2, 0) is 20.7 Å². The average molecular weight is 560 g/mol. The number of fused-ring (bicyclic) bond motifs is 1. The van der Waals surface area contributed by atoms with E-state index in [1.165, 1.54) is 4.90 Å². The third kappa shape index (κ3) is 4.68. The number of hydrogen-bond donors (Lipinski definition) is 1. The average Bonchev–Trinajstić information content (AvgIpc) is 3.43. The molecule has 1 amide bonds. The monoisotopic (exact) mass is 559 g/mol. The van der Waals surface area contributed by atoms with Crippen LogP contribution in [0, 0.1) is 0 Å². The number of carbonyl (C=O) groups is 3. The van der Waals surface area contributed by atoms with E-state index < -0.39 is 23.5 Å². The molecule has 0 bridgehead atoms. The molecule has 1 aliphatic rings. The van der Waals surface area contributed by atoms with E-state index in [9.17, 15) is 19.5 Å². The highest BCUT2D eigenvalue weighted by Gasteiger charge is 2.45. The summed E-state index contributed by atoms with van der Waals surface area (Å²) in [4.78, 5) is 40.3. The second kappa shape index (κ2) is 10.1. The van der Waals surface area contributed by atoms with E-state index in [1.54, 1.807) is 73.7 Å². The number of amides is 1. The van der Waals surface area contributed by atoms with E-state index in [0.29, 0.717) is 34.4 Å². The lowest BCUT2D eigenvalue weighted by molar-refractivity contribution is -0.142. The van der Waals surface area contributed by atoms with Crippen LogP contribution in [0.15, 0.2) is 99.1 Å². The summed E-state index contributed by atoms with van der Waals surface area (Å²) in [6.07, 6.45) is 0.0968. The number of benzene rings is 3. The van der Waals surface area contributed by atoms with Gasteiger partial charge in [0.25, 0.3) is 5.91 Å². The molecule has 0 spiro atoms. The molecule has 1 aliphatic heterocycles. The Kier molecular flexibility index (Phi) is 6.67. The van der Waals surface area contributed by atoms with Gasteiger partial charge in [0, 0.05) is 15.5 Å². The molecule has 0 fully saturated rings. The topological polar surface area (TPSA) is 97.0 Å². The van der Waals surface area contributed by atoms with Gasteiger partial charge >= 0.3 is 5.97 Å². The van der Waals surface area contributed by atoms with Gasteiger partial charge in [-0.05, 0) is 54.4 Å². The fraction of sp³-hybridized carbons (Fsp3) is 0.138. The third-order valence-corrected chi connectivity index (χ3v) is 6.63. The van der Waals surface area contributed by atoms with Crippen LogP contribution in [0.5, 0.6) is 0 Å². The minimum Gasteiger partial charge on any atom is -0.503 e. The van der Waals surface area contributed by atoms with Gasteiger partial charge in [0.2, 0.25) is 5.78 Å². The lowest BCUT2D eigenvalue weighted by atomic mass is 9.94. The van der Waals surface area contributed by atoms with Crippen LogP contribution in [-0.4, -0.2) is 29.4 Å². The molecule has 3 aromatic carbocycles. The van der Waals surface area contributed by atoms with Crippen molar-refractivity contribution in [2.24, 2.45) is 0 Å². The number of hydrogen-bond acceptors (Lipinski definition) is 6. The molecule has 186 valence electrons. The largest absolute Gasteiger partial charge is 0.503 e. The molecule has 7 nitrogen and oxygen atoms in total. The zero-order valence-electron chi connectivity index (χ0n) is 19.8. The van der Waals surface area contributed by atoms with Gasteiger partial charge in [0.05, 0.1) is 24.6 Å². The lowest BCUT2D eigenvalue weighted by Gasteiger charge is -2.27. The Bertz CT molecular complexity index is 1540. The van der Waals surface area contributed by atoms with E-state index in [2.05, 4.69) is 15.9 Å². The molecular weight excluding hydrogens is 538 g/mol. The van der Waals surface area contributed by atoms with Gasteiger partial charge in [0.15, 0.2) is 11.5 Å². The van der Waals surface area contributed by atoms with Crippen LogP contribution < -0.4 is 4.90 Å². The van der Waals surface area contributed by atoms with E-state index in [4.69, 9.17) is 9.15 Å². The minimum atomic E-state index is -0.878. The first kappa shape index (κ1) is 24.5. The number of ketones is 1. The normalized spacial score (nSPS) is 15.5. The second-order valence-corrected chi connectivity index (χ2v) is 9.44. The van der Waals surface area contributed by atoms with Gasteiger partial charge in [-0.25, -0.2) is 0 Å². The van der Waals surface area contributed by atoms with Crippen LogP contribution in [0.4, 0.5) is 5.69 Å².